The normalized spacial score (nSPS) is 29.7. The minimum absolute atomic E-state index is 0.00936. The Morgan fingerprint density at radius 2 is 1.56 bits per heavy atom. The van der Waals surface area contributed by atoms with Gasteiger partial charge in [-0.2, -0.15) is 9.97 Å². The number of imidazole rings is 2. The van der Waals surface area contributed by atoms with E-state index in [4.69, 9.17) is 45.0 Å². The Kier molecular flexibility index (Phi) is 11.9. The van der Waals surface area contributed by atoms with Crippen molar-refractivity contribution in [2.45, 2.75) is 80.5 Å². The molecule has 3 aliphatic rings. The Hall–Kier alpha value is -4.65. The molecule has 12 N–H and O–H groups in total. The van der Waals surface area contributed by atoms with Gasteiger partial charge in [0.25, 0.3) is 13.4 Å². The number of nitrogens with one attached hydrogen (secondary N) is 1. The first-order chi connectivity index (χ1) is 29.6. The maximum absolute atomic E-state index is 13.9. The average molecular weight is 949 g/mol. The van der Waals surface area contributed by atoms with Gasteiger partial charge in [-0.3, -0.25) is 41.6 Å². The number of phosphoric acid groups is 3. The van der Waals surface area contributed by atoms with E-state index in [1.54, 1.807) is 0 Å². The summed E-state index contributed by atoms with van der Waals surface area (Å²) in [6, 6.07) is 1.24. The van der Waals surface area contributed by atoms with Crippen molar-refractivity contribution >= 4 is 63.4 Å². The van der Waals surface area contributed by atoms with Crippen LogP contribution in [0.5, 0.6) is 0 Å². The van der Waals surface area contributed by atoms with Crippen molar-refractivity contribution in [1.82, 2.24) is 48.6 Å². The molecule has 63 heavy (non-hydrogen) atoms. The van der Waals surface area contributed by atoms with Gasteiger partial charge >= 0.3 is 21.3 Å². The number of aliphatic hydroxyl groups is 1. The lowest BCUT2D eigenvalue weighted by molar-refractivity contribution is -0.232. The third kappa shape index (κ3) is 9.59. The first-order valence-corrected chi connectivity index (χ1v) is 22.8. The number of aromatic nitrogens is 10. The van der Waals surface area contributed by atoms with E-state index in [0.717, 1.165) is 10.9 Å². The van der Waals surface area contributed by atoms with Crippen LogP contribution < -0.4 is 33.3 Å². The Morgan fingerprint density at radius 3 is 2.27 bits per heavy atom. The van der Waals surface area contributed by atoms with Crippen LogP contribution in [-0.2, 0) is 46.0 Å². The van der Waals surface area contributed by atoms with Crippen molar-refractivity contribution in [2.24, 2.45) is 0 Å². The van der Waals surface area contributed by atoms with E-state index in [0.29, 0.717) is 0 Å². The second-order valence-corrected chi connectivity index (χ2v) is 18.3. The summed E-state index contributed by atoms with van der Waals surface area (Å²) < 4.78 is 80.4. The molecule has 342 valence electrons. The molecule has 34 heteroatoms. The van der Waals surface area contributed by atoms with Gasteiger partial charge in [-0.05, 0) is 6.07 Å². The summed E-state index contributed by atoms with van der Waals surface area (Å²) in [6.07, 6.45) is -8.32. The molecule has 3 fully saturated rings. The predicted octanol–water partition coefficient (Wildman–Crippen LogP) is -2.60. The maximum atomic E-state index is 13.9. The molecule has 0 spiro atoms. The van der Waals surface area contributed by atoms with Crippen LogP contribution in [0.2, 0.25) is 0 Å². The molecule has 0 saturated carbocycles. The second-order valence-electron chi connectivity index (χ2n) is 14.5. The first kappa shape index (κ1) is 44.9. The quantitative estimate of drug-likeness (QED) is 0.0486. The number of nitrogens with zero attached hydrogens (tertiary/aromatic N) is 9. The molecular weight excluding hydrogens is 911 g/mol. The molecule has 8 rings (SSSR count). The van der Waals surface area contributed by atoms with Crippen LogP contribution in [0.4, 0.5) is 17.6 Å². The first-order valence-electron chi connectivity index (χ1n) is 18.3. The number of anilines is 3. The van der Waals surface area contributed by atoms with E-state index in [-0.39, 0.29) is 46.3 Å². The number of rotatable bonds is 15. The lowest BCUT2D eigenvalue weighted by atomic mass is 9.89. The molecule has 5 aromatic rings. The molecule has 11 atom stereocenters. The van der Waals surface area contributed by atoms with Gasteiger partial charge in [-0.15, -0.1) is 0 Å². The maximum Gasteiger partial charge on any atom is 0.472 e. The summed E-state index contributed by atoms with van der Waals surface area (Å²) in [5.41, 5.74) is 13.5. The van der Waals surface area contributed by atoms with Gasteiger partial charge in [-0.1, -0.05) is 0 Å². The standard InChI is InChI=1S/C29H38N13O18P3/c30-17-1-2-40(28(45)37-17)19-4-13(15(57-19)7-54-61(46,47)48)59-63(52,53)55-8-29(6-14-12(43)3-18(56-14)41-11-36-22-25(41)38-27(32)39-26(22)44)16(60-62(49,50)51)5-20(58-29)42-10-35-21-23(31)33-9-34-24(21)42/h1-2,9-16,18-20,43H,3-8H2,(H,52,53)(H2,30,37,45)(H2,31,33,34)(H2,46,47,48)(H2,49,50,51)(H3,32,38,39,44)/p-1. The third-order valence-electron chi connectivity index (χ3n) is 10.3. The van der Waals surface area contributed by atoms with Gasteiger partial charge in [0.05, 0.1) is 38.1 Å². The average Bonchev–Trinajstić information content (AvgIpc) is 4.01. The highest BCUT2D eigenvalue weighted by molar-refractivity contribution is 7.47. The highest BCUT2D eigenvalue weighted by atomic mass is 31.2. The van der Waals surface area contributed by atoms with Crippen LogP contribution in [0.1, 0.15) is 44.4 Å². The minimum atomic E-state index is -5.69. The summed E-state index contributed by atoms with van der Waals surface area (Å²) in [5.74, 6) is -0.420. The number of aromatic amines is 1. The molecule has 0 aliphatic carbocycles. The monoisotopic (exact) mass is 948 g/mol. The molecule has 3 saturated heterocycles. The van der Waals surface area contributed by atoms with E-state index in [1.807, 2.05) is 0 Å². The van der Waals surface area contributed by atoms with Gasteiger partial charge in [0.15, 0.2) is 22.6 Å². The summed E-state index contributed by atoms with van der Waals surface area (Å²) in [4.78, 5) is 104. The highest BCUT2D eigenvalue weighted by Gasteiger charge is 2.56. The van der Waals surface area contributed by atoms with Gasteiger partial charge in [0.2, 0.25) is 5.95 Å². The van der Waals surface area contributed by atoms with E-state index in [9.17, 15) is 52.9 Å². The number of hydrogen-bond donors (Lipinski definition) is 9. The number of ether oxygens (including phenoxy) is 3. The van der Waals surface area contributed by atoms with E-state index < -0.39 is 122 Å². The Labute approximate surface area is 350 Å². The lowest BCUT2D eigenvalue weighted by Gasteiger charge is -2.38. The molecule has 0 radical (unpaired) electrons. The van der Waals surface area contributed by atoms with Crippen molar-refractivity contribution in [2.75, 3.05) is 30.4 Å². The van der Waals surface area contributed by atoms with Gasteiger partial charge in [-0.25, -0.2) is 33.9 Å². The number of nitrogen functional groups attached to an aromatic ring is 3. The summed E-state index contributed by atoms with van der Waals surface area (Å²) in [6.45, 7) is -2.04. The molecule has 5 aromatic heterocycles. The third-order valence-corrected chi connectivity index (χ3v) is 12.3. The largest absolute Gasteiger partial charge is 0.756 e. The molecule has 0 bridgehead atoms. The Bertz CT molecular complexity index is 2800. The fourth-order valence-electron chi connectivity index (χ4n) is 7.61. The lowest BCUT2D eigenvalue weighted by Crippen LogP contribution is -2.49. The molecule has 0 amide bonds. The van der Waals surface area contributed by atoms with Crippen LogP contribution in [-0.4, -0.2) is 123 Å². The van der Waals surface area contributed by atoms with Gasteiger partial charge < -0.3 is 65.5 Å². The number of H-pyrrole nitrogens is 1. The number of fused-ring (bicyclic) bond motifs is 2. The summed E-state index contributed by atoms with van der Waals surface area (Å²) in [5, 5.41) is 11.4. The van der Waals surface area contributed by atoms with Crippen LogP contribution in [0, 0.1) is 0 Å². The van der Waals surface area contributed by atoms with Crippen molar-refractivity contribution in [1.29, 1.82) is 0 Å². The van der Waals surface area contributed by atoms with Crippen molar-refractivity contribution in [3.05, 3.63) is 52.1 Å². The minimum Gasteiger partial charge on any atom is -0.756 e. The smallest absolute Gasteiger partial charge is 0.472 e. The topological polar surface area (TPSA) is 460 Å². The zero-order valence-electron chi connectivity index (χ0n) is 31.9. The molecule has 0 aromatic carbocycles. The number of phosphoric ester groups is 3. The number of hydrogen-bond acceptors (Lipinski definition) is 23. The summed E-state index contributed by atoms with van der Waals surface area (Å²) in [7, 11) is -16.3. The fraction of sp³-hybridized carbons (Fsp3) is 0.517. The molecule has 8 heterocycles. The Balaban J connectivity index is 1.11. The predicted molar refractivity (Wildman–Crippen MR) is 204 cm³/mol. The number of nitrogens with two attached hydrogens (primary N) is 3. The van der Waals surface area contributed by atoms with E-state index >= 15 is 0 Å². The summed E-state index contributed by atoms with van der Waals surface area (Å²) >= 11 is 0. The van der Waals surface area contributed by atoms with Crippen molar-refractivity contribution < 1.29 is 75.6 Å². The van der Waals surface area contributed by atoms with Gasteiger partial charge in [0, 0.05) is 31.9 Å². The molecular formula is C29H37N13O18P3-. The van der Waals surface area contributed by atoms with Crippen LogP contribution in [0.25, 0.3) is 22.3 Å². The zero-order chi connectivity index (χ0) is 45.2. The zero-order valence-corrected chi connectivity index (χ0v) is 34.6. The fourth-order valence-corrected chi connectivity index (χ4v) is 9.56. The van der Waals surface area contributed by atoms with E-state index in [2.05, 4.69) is 39.4 Å². The van der Waals surface area contributed by atoms with Crippen LogP contribution in [0.15, 0.2) is 40.8 Å². The van der Waals surface area contributed by atoms with Crippen LogP contribution >= 0.6 is 23.5 Å². The van der Waals surface area contributed by atoms with Crippen molar-refractivity contribution in [3.63, 3.8) is 0 Å². The van der Waals surface area contributed by atoms with Gasteiger partial charge in [0.1, 0.15) is 60.3 Å². The Morgan fingerprint density at radius 1 is 0.857 bits per heavy atom. The van der Waals surface area contributed by atoms with E-state index in [1.165, 1.54) is 34.1 Å². The molecule has 31 nitrogen and oxygen atoms in total. The van der Waals surface area contributed by atoms with Crippen molar-refractivity contribution in [3.8, 4) is 0 Å². The SMILES string of the molecule is Nc1ccn(C2CC(OP(=O)(O)OCC3(CC4OC(n5cnc6c(=O)[nH]c(N)nc65)CC4O)OC(n4cnc5c(N)ncnc54)CC3OP(=O)([O-])O)C(COP(=O)(O)O)O2)c(=O)n1. The highest BCUT2D eigenvalue weighted by Crippen LogP contribution is 2.54. The molecule has 3 aliphatic heterocycles. The molecule has 11 unspecified atom stereocenters. The van der Waals surface area contributed by atoms with Crippen LogP contribution in [0.3, 0.4) is 0 Å². The number of aliphatic hydroxyl groups excluding tert-OH is 1. The second kappa shape index (κ2) is 16.7.